The van der Waals surface area contributed by atoms with Crippen LogP contribution < -0.4 is 4.74 Å². The summed E-state index contributed by atoms with van der Waals surface area (Å²) in [6, 6.07) is 17.6. The normalized spacial score (nSPS) is 15.0. The second kappa shape index (κ2) is 6.64. The maximum atomic E-state index is 12.8. The second-order valence-corrected chi connectivity index (χ2v) is 6.51. The van der Waals surface area contributed by atoms with E-state index in [1.807, 2.05) is 67.1 Å². The number of para-hydroxylation sites is 1. The number of ether oxygens (including phenoxy) is 1. The molecule has 0 spiro atoms. The summed E-state index contributed by atoms with van der Waals surface area (Å²) in [6.07, 6.45) is 1.93. The Morgan fingerprint density at radius 3 is 2.62 bits per heavy atom. The Hall–Kier alpha value is -3.14. The number of nitrogens with zero attached hydrogens (tertiary/aromatic N) is 2. The third kappa shape index (κ3) is 2.94. The number of carbonyl (C=O) groups is 1. The van der Waals surface area contributed by atoms with Crippen LogP contribution in [0.1, 0.15) is 32.9 Å². The van der Waals surface area contributed by atoms with Crippen LogP contribution in [0.5, 0.6) is 5.75 Å². The Morgan fingerprint density at radius 2 is 1.81 bits per heavy atom. The van der Waals surface area contributed by atoms with Gasteiger partial charge in [-0.25, -0.2) is 0 Å². The molecule has 1 aliphatic heterocycles. The van der Waals surface area contributed by atoms with Gasteiger partial charge in [-0.2, -0.15) is 5.10 Å². The SMILES string of the molecule is Cc1nn(Cc2ccccc2)c(C)c1/C=C1\COc2ccccc2C1=O. The zero-order valence-corrected chi connectivity index (χ0v) is 14.9. The van der Waals surface area contributed by atoms with Crippen molar-refractivity contribution in [3.63, 3.8) is 0 Å². The minimum Gasteiger partial charge on any atom is -0.488 e. The molecule has 0 saturated carbocycles. The lowest BCUT2D eigenvalue weighted by atomic mass is 9.98. The van der Waals surface area contributed by atoms with Crippen LogP contribution in [0.2, 0.25) is 0 Å². The van der Waals surface area contributed by atoms with E-state index in [9.17, 15) is 4.79 Å². The van der Waals surface area contributed by atoms with Gasteiger partial charge in [-0.15, -0.1) is 0 Å². The van der Waals surface area contributed by atoms with Crippen molar-refractivity contribution in [3.8, 4) is 5.75 Å². The van der Waals surface area contributed by atoms with Gasteiger partial charge in [0, 0.05) is 16.8 Å². The maximum Gasteiger partial charge on any atom is 0.196 e. The summed E-state index contributed by atoms with van der Waals surface area (Å²) in [6.45, 7) is 5.02. The zero-order chi connectivity index (χ0) is 18.1. The van der Waals surface area contributed by atoms with Crippen LogP contribution in [-0.2, 0) is 6.54 Å². The molecule has 1 aromatic heterocycles. The van der Waals surface area contributed by atoms with E-state index in [4.69, 9.17) is 4.74 Å². The van der Waals surface area contributed by atoms with Crippen LogP contribution in [-0.4, -0.2) is 22.2 Å². The molecule has 0 radical (unpaired) electrons. The third-order valence-electron chi connectivity index (χ3n) is 4.74. The average molecular weight is 344 g/mol. The Balaban J connectivity index is 1.67. The zero-order valence-electron chi connectivity index (χ0n) is 14.9. The maximum absolute atomic E-state index is 12.8. The Bertz CT molecular complexity index is 1000. The number of ketones is 1. The van der Waals surface area contributed by atoms with Crippen LogP contribution in [0.15, 0.2) is 60.2 Å². The van der Waals surface area contributed by atoms with E-state index in [2.05, 4.69) is 17.2 Å². The predicted molar refractivity (Wildman–Crippen MR) is 101 cm³/mol. The first kappa shape index (κ1) is 16.3. The van der Waals surface area contributed by atoms with Gasteiger partial charge in [0.15, 0.2) is 5.78 Å². The van der Waals surface area contributed by atoms with Crippen molar-refractivity contribution in [1.82, 2.24) is 9.78 Å². The van der Waals surface area contributed by atoms with Crippen molar-refractivity contribution in [2.75, 3.05) is 6.61 Å². The van der Waals surface area contributed by atoms with Gasteiger partial charge in [0.25, 0.3) is 0 Å². The smallest absolute Gasteiger partial charge is 0.196 e. The summed E-state index contributed by atoms with van der Waals surface area (Å²) in [7, 11) is 0. The van der Waals surface area contributed by atoms with Gasteiger partial charge in [0.1, 0.15) is 12.4 Å². The number of aromatic nitrogens is 2. The van der Waals surface area contributed by atoms with Crippen LogP contribution in [0.4, 0.5) is 0 Å². The molecule has 4 nitrogen and oxygen atoms in total. The van der Waals surface area contributed by atoms with Crippen molar-refractivity contribution in [1.29, 1.82) is 0 Å². The highest BCUT2D eigenvalue weighted by Gasteiger charge is 2.23. The number of benzene rings is 2. The summed E-state index contributed by atoms with van der Waals surface area (Å²) in [5.74, 6) is 0.685. The van der Waals surface area contributed by atoms with Crippen LogP contribution in [0.25, 0.3) is 6.08 Å². The molecule has 130 valence electrons. The highest BCUT2D eigenvalue weighted by molar-refractivity contribution is 6.14. The molecule has 0 fully saturated rings. The molecule has 0 saturated heterocycles. The van der Waals surface area contributed by atoms with Crippen molar-refractivity contribution < 1.29 is 9.53 Å². The van der Waals surface area contributed by atoms with E-state index in [1.54, 1.807) is 0 Å². The molecule has 4 heteroatoms. The third-order valence-corrected chi connectivity index (χ3v) is 4.74. The van der Waals surface area contributed by atoms with Crippen LogP contribution in [0.3, 0.4) is 0 Å². The molecule has 0 N–H and O–H groups in total. The molecular weight excluding hydrogens is 324 g/mol. The fourth-order valence-corrected chi connectivity index (χ4v) is 3.29. The predicted octanol–water partition coefficient (Wildman–Crippen LogP) is 4.21. The second-order valence-electron chi connectivity index (χ2n) is 6.51. The van der Waals surface area contributed by atoms with Gasteiger partial charge in [-0.1, -0.05) is 42.5 Å². The number of rotatable bonds is 3. The number of Topliss-reactive ketones (excluding diaryl/α,β-unsaturated/α-hetero) is 1. The van der Waals surface area contributed by atoms with Crippen LogP contribution in [0, 0.1) is 13.8 Å². The molecule has 3 aromatic rings. The van der Waals surface area contributed by atoms with Gasteiger partial charge in [0.05, 0.1) is 17.8 Å². The van der Waals surface area contributed by atoms with Gasteiger partial charge in [0.2, 0.25) is 0 Å². The average Bonchev–Trinajstić information content (AvgIpc) is 2.92. The molecule has 2 aromatic carbocycles. The molecule has 1 aliphatic rings. The van der Waals surface area contributed by atoms with Gasteiger partial charge < -0.3 is 4.74 Å². The minimum atomic E-state index is 0.0291. The van der Waals surface area contributed by atoms with E-state index in [0.29, 0.717) is 30.0 Å². The van der Waals surface area contributed by atoms with Crippen molar-refractivity contribution in [2.24, 2.45) is 0 Å². The van der Waals surface area contributed by atoms with E-state index in [0.717, 1.165) is 17.0 Å². The first-order chi connectivity index (χ1) is 12.6. The standard InChI is InChI=1S/C22H20N2O2/c1-15-20(16(2)24(23-15)13-17-8-4-3-5-9-17)12-18-14-26-21-11-7-6-10-19(21)22(18)25/h3-12H,13-14H2,1-2H3/b18-12+. The van der Waals surface area contributed by atoms with E-state index < -0.39 is 0 Å². The highest BCUT2D eigenvalue weighted by Crippen LogP contribution is 2.28. The first-order valence-corrected chi connectivity index (χ1v) is 8.68. The summed E-state index contributed by atoms with van der Waals surface area (Å²) in [5, 5.41) is 4.66. The molecular formula is C22H20N2O2. The summed E-state index contributed by atoms with van der Waals surface area (Å²) < 4.78 is 7.73. The van der Waals surface area contributed by atoms with E-state index in [1.165, 1.54) is 5.56 Å². The Morgan fingerprint density at radius 1 is 1.08 bits per heavy atom. The first-order valence-electron chi connectivity index (χ1n) is 8.68. The van der Waals surface area contributed by atoms with Crippen molar-refractivity contribution in [3.05, 3.63) is 88.2 Å². The number of fused-ring (bicyclic) bond motifs is 1. The van der Waals surface area contributed by atoms with Crippen molar-refractivity contribution >= 4 is 11.9 Å². The van der Waals surface area contributed by atoms with Crippen molar-refractivity contribution in [2.45, 2.75) is 20.4 Å². The number of hydrogen-bond donors (Lipinski definition) is 0. The summed E-state index contributed by atoms with van der Waals surface area (Å²) >= 11 is 0. The molecule has 0 aliphatic carbocycles. The topological polar surface area (TPSA) is 44.1 Å². The van der Waals surface area contributed by atoms with E-state index >= 15 is 0 Å². The molecule has 2 heterocycles. The van der Waals surface area contributed by atoms with Crippen LogP contribution >= 0.6 is 0 Å². The minimum absolute atomic E-state index is 0.0291. The Labute approximate surface area is 152 Å². The van der Waals surface area contributed by atoms with Gasteiger partial charge in [-0.3, -0.25) is 9.48 Å². The molecule has 26 heavy (non-hydrogen) atoms. The molecule has 0 unspecified atom stereocenters. The molecule has 0 bridgehead atoms. The lowest BCUT2D eigenvalue weighted by molar-refractivity contribution is 0.100. The fourth-order valence-electron chi connectivity index (χ4n) is 3.29. The quantitative estimate of drug-likeness (QED) is 0.669. The molecule has 0 atom stereocenters. The largest absolute Gasteiger partial charge is 0.488 e. The monoisotopic (exact) mass is 344 g/mol. The van der Waals surface area contributed by atoms with Gasteiger partial charge in [-0.05, 0) is 37.6 Å². The highest BCUT2D eigenvalue weighted by atomic mass is 16.5. The molecule has 4 rings (SSSR count). The number of hydrogen-bond acceptors (Lipinski definition) is 3. The Kier molecular flexibility index (Phi) is 4.17. The lowest BCUT2D eigenvalue weighted by Crippen LogP contribution is -2.18. The van der Waals surface area contributed by atoms with E-state index in [-0.39, 0.29) is 5.78 Å². The number of carbonyl (C=O) groups excluding carboxylic acids is 1. The van der Waals surface area contributed by atoms with Gasteiger partial charge >= 0.3 is 0 Å². The lowest BCUT2D eigenvalue weighted by Gasteiger charge is -2.18. The summed E-state index contributed by atoms with van der Waals surface area (Å²) in [5.41, 5.74) is 5.44. The summed E-state index contributed by atoms with van der Waals surface area (Å²) in [4.78, 5) is 12.8. The fraction of sp³-hybridized carbons (Fsp3) is 0.182. The number of aryl methyl sites for hydroxylation is 1. The molecule has 0 amide bonds.